The van der Waals surface area contributed by atoms with E-state index in [9.17, 15) is 9.18 Å². The van der Waals surface area contributed by atoms with Gasteiger partial charge in [-0.15, -0.1) is 0 Å². The second-order valence-electron chi connectivity index (χ2n) is 4.49. The topological polar surface area (TPSA) is 84.1 Å². The van der Waals surface area contributed by atoms with E-state index in [0.717, 1.165) is 4.47 Å². The highest BCUT2D eigenvalue weighted by Gasteiger charge is 2.32. The molecule has 0 spiro atoms. The SMILES string of the molecule is NC(=O)CN1C[C@@H](F)C[C@H]1CNc1ncc(Br)cn1. The van der Waals surface area contributed by atoms with Gasteiger partial charge in [-0.05, 0) is 22.4 Å². The molecule has 3 N–H and O–H groups in total. The molecule has 8 heteroatoms. The molecule has 2 rings (SSSR count). The number of anilines is 1. The number of likely N-dealkylation sites (tertiary alicyclic amines) is 1. The summed E-state index contributed by atoms with van der Waals surface area (Å²) in [6.45, 7) is 0.805. The summed E-state index contributed by atoms with van der Waals surface area (Å²) in [6.07, 6.45) is 2.72. The largest absolute Gasteiger partial charge is 0.369 e. The molecule has 1 aromatic rings. The monoisotopic (exact) mass is 331 g/mol. The predicted octanol–water partition coefficient (Wildman–Crippen LogP) is 0.549. The summed E-state index contributed by atoms with van der Waals surface area (Å²) in [4.78, 5) is 20.8. The van der Waals surface area contributed by atoms with E-state index in [-0.39, 0.29) is 19.1 Å². The van der Waals surface area contributed by atoms with E-state index in [1.54, 1.807) is 17.3 Å². The Balaban J connectivity index is 1.90. The Hall–Kier alpha value is -1.28. The molecule has 0 aromatic carbocycles. The molecule has 1 aromatic heterocycles. The van der Waals surface area contributed by atoms with Gasteiger partial charge >= 0.3 is 0 Å². The third kappa shape index (κ3) is 4.10. The normalized spacial score (nSPS) is 23.5. The minimum atomic E-state index is -0.919. The van der Waals surface area contributed by atoms with E-state index < -0.39 is 12.1 Å². The number of rotatable bonds is 5. The molecule has 2 heterocycles. The highest BCUT2D eigenvalue weighted by molar-refractivity contribution is 9.10. The van der Waals surface area contributed by atoms with Gasteiger partial charge in [0.15, 0.2) is 0 Å². The number of carbonyl (C=O) groups excluding carboxylic acids is 1. The lowest BCUT2D eigenvalue weighted by molar-refractivity contribution is -0.119. The first kappa shape index (κ1) is 14.1. The van der Waals surface area contributed by atoms with Crippen molar-refractivity contribution in [1.29, 1.82) is 0 Å². The highest BCUT2D eigenvalue weighted by atomic mass is 79.9. The third-order valence-corrected chi connectivity index (χ3v) is 3.36. The van der Waals surface area contributed by atoms with Gasteiger partial charge in [0.25, 0.3) is 0 Å². The summed E-state index contributed by atoms with van der Waals surface area (Å²) in [7, 11) is 0. The molecular formula is C11H15BrFN5O. The number of primary amides is 1. The van der Waals surface area contributed by atoms with Crippen LogP contribution in [-0.4, -0.2) is 52.6 Å². The van der Waals surface area contributed by atoms with Crippen LogP contribution in [-0.2, 0) is 4.79 Å². The molecule has 0 bridgehead atoms. The number of aromatic nitrogens is 2. The third-order valence-electron chi connectivity index (χ3n) is 2.95. The number of nitrogens with one attached hydrogen (secondary N) is 1. The van der Waals surface area contributed by atoms with Crippen LogP contribution in [0.4, 0.5) is 10.3 Å². The maximum absolute atomic E-state index is 13.4. The van der Waals surface area contributed by atoms with E-state index >= 15 is 0 Å². The Labute approximate surface area is 118 Å². The van der Waals surface area contributed by atoms with Crippen molar-refractivity contribution in [3.8, 4) is 0 Å². The molecule has 19 heavy (non-hydrogen) atoms. The number of nitrogens with zero attached hydrogens (tertiary/aromatic N) is 3. The predicted molar refractivity (Wildman–Crippen MR) is 72.3 cm³/mol. The van der Waals surface area contributed by atoms with Crippen molar-refractivity contribution in [1.82, 2.24) is 14.9 Å². The second-order valence-corrected chi connectivity index (χ2v) is 5.40. The first-order chi connectivity index (χ1) is 9.04. The lowest BCUT2D eigenvalue weighted by Crippen LogP contribution is -2.40. The van der Waals surface area contributed by atoms with Crippen molar-refractivity contribution >= 4 is 27.8 Å². The molecular weight excluding hydrogens is 317 g/mol. The standard InChI is InChI=1S/C11H15BrFN5O/c12-7-2-15-11(16-3-7)17-4-9-1-8(13)5-18(9)6-10(14)19/h2-3,8-9H,1,4-6H2,(H2,14,19)(H,15,16,17)/t8-,9-/m0/s1. The molecule has 1 amide bonds. The van der Waals surface area contributed by atoms with Crippen molar-refractivity contribution < 1.29 is 9.18 Å². The average Bonchev–Trinajstić information content (AvgIpc) is 2.68. The van der Waals surface area contributed by atoms with Gasteiger partial charge in [-0.2, -0.15) is 0 Å². The molecule has 1 fully saturated rings. The van der Waals surface area contributed by atoms with E-state index in [2.05, 4.69) is 31.2 Å². The zero-order valence-electron chi connectivity index (χ0n) is 10.2. The van der Waals surface area contributed by atoms with Crippen LogP contribution in [0, 0.1) is 0 Å². The van der Waals surface area contributed by atoms with Gasteiger partial charge in [0.2, 0.25) is 11.9 Å². The van der Waals surface area contributed by atoms with Crippen LogP contribution in [0.3, 0.4) is 0 Å². The van der Waals surface area contributed by atoms with Crippen molar-refractivity contribution in [3.63, 3.8) is 0 Å². The zero-order chi connectivity index (χ0) is 13.8. The lowest BCUT2D eigenvalue weighted by atomic mass is 10.2. The first-order valence-corrected chi connectivity index (χ1v) is 6.71. The number of halogens is 2. The molecule has 1 aliphatic rings. The number of amides is 1. The smallest absolute Gasteiger partial charge is 0.231 e. The fraction of sp³-hybridized carbons (Fsp3) is 0.545. The van der Waals surface area contributed by atoms with E-state index in [1.165, 1.54) is 0 Å². The molecule has 0 aliphatic carbocycles. The highest BCUT2D eigenvalue weighted by Crippen LogP contribution is 2.20. The summed E-state index contributed by atoms with van der Waals surface area (Å²) in [5.41, 5.74) is 5.15. The minimum Gasteiger partial charge on any atom is -0.369 e. The molecule has 0 saturated carbocycles. The summed E-state index contributed by atoms with van der Waals surface area (Å²) in [5, 5.41) is 3.03. The van der Waals surface area contributed by atoms with E-state index in [1.807, 2.05) is 0 Å². The van der Waals surface area contributed by atoms with E-state index in [0.29, 0.717) is 18.9 Å². The molecule has 1 saturated heterocycles. The quantitative estimate of drug-likeness (QED) is 0.823. The van der Waals surface area contributed by atoms with Gasteiger partial charge in [0.1, 0.15) is 6.17 Å². The first-order valence-electron chi connectivity index (χ1n) is 5.92. The molecule has 0 radical (unpaired) electrons. The fourth-order valence-electron chi connectivity index (χ4n) is 2.14. The maximum Gasteiger partial charge on any atom is 0.231 e. The Morgan fingerprint density at radius 3 is 2.89 bits per heavy atom. The Morgan fingerprint density at radius 2 is 2.26 bits per heavy atom. The Bertz CT molecular complexity index is 443. The molecule has 0 unspecified atom stereocenters. The molecule has 1 aliphatic heterocycles. The maximum atomic E-state index is 13.4. The second kappa shape index (κ2) is 6.25. The van der Waals surface area contributed by atoms with Crippen molar-refractivity contribution in [2.24, 2.45) is 5.73 Å². The van der Waals surface area contributed by atoms with Gasteiger partial charge in [-0.25, -0.2) is 14.4 Å². The summed E-state index contributed by atoms with van der Waals surface area (Å²) in [6, 6.07) is -0.0743. The summed E-state index contributed by atoms with van der Waals surface area (Å²) >= 11 is 3.25. The van der Waals surface area contributed by atoms with Gasteiger partial charge in [-0.1, -0.05) is 0 Å². The minimum absolute atomic E-state index is 0.0743. The summed E-state index contributed by atoms with van der Waals surface area (Å²) < 4.78 is 14.2. The number of hydrogen-bond acceptors (Lipinski definition) is 5. The lowest BCUT2D eigenvalue weighted by Gasteiger charge is -2.22. The van der Waals surface area contributed by atoms with Crippen LogP contribution in [0.2, 0.25) is 0 Å². The molecule has 104 valence electrons. The zero-order valence-corrected chi connectivity index (χ0v) is 11.8. The molecule has 2 atom stereocenters. The molecule has 6 nitrogen and oxygen atoms in total. The van der Waals surface area contributed by atoms with Crippen LogP contribution in [0.15, 0.2) is 16.9 Å². The average molecular weight is 332 g/mol. The van der Waals surface area contributed by atoms with Gasteiger partial charge in [0.05, 0.1) is 11.0 Å². The van der Waals surface area contributed by atoms with Crippen LogP contribution in [0.5, 0.6) is 0 Å². The van der Waals surface area contributed by atoms with E-state index in [4.69, 9.17) is 5.73 Å². The fourth-order valence-corrected chi connectivity index (χ4v) is 2.35. The number of alkyl halides is 1. The van der Waals surface area contributed by atoms with Crippen molar-refractivity contribution in [2.45, 2.75) is 18.6 Å². The number of nitrogens with two attached hydrogens (primary N) is 1. The Morgan fingerprint density at radius 1 is 1.58 bits per heavy atom. The Kier molecular flexibility index (Phi) is 4.65. The number of hydrogen-bond donors (Lipinski definition) is 2. The van der Waals surface area contributed by atoms with Crippen molar-refractivity contribution in [3.05, 3.63) is 16.9 Å². The number of carbonyl (C=O) groups is 1. The van der Waals surface area contributed by atoms with Crippen LogP contribution in [0.1, 0.15) is 6.42 Å². The van der Waals surface area contributed by atoms with Crippen LogP contribution >= 0.6 is 15.9 Å². The summed E-state index contributed by atoms with van der Waals surface area (Å²) in [5.74, 6) is 0.0310. The van der Waals surface area contributed by atoms with Crippen molar-refractivity contribution in [2.75, 3.05) is 25.0 Å². The van der Waals surface area contributed by atoms with Gasteiger partial charge in [0, 0.05) is 31.5 Å². The van der Waals surface area contributed by atoms with Crippen LogP contribution in [0.25, 0.3) is 0 Å². The van der Waals surface area contributed by atoms with Crippen LogP contribution < -0.4 is 11.1 Å². The van der Waals surface area contributed by atoms with Gasteiger partial charge < -0.3 is 11.1 Å². The van der Waals surface area contributed by atoms with Gasteiger partial charge in [-0.3, -0.25) is 9.69 Å².